The first-order chi connectivity index (χ1) is 9.10. The molecule has 1 fully saturated rings. The maximum atomic E-state index is 11.1. The van der Waals surface area contributed by atoms with Crippen LogP contribution in [-0.2, 0) is 0 Å². The highest BCUT2D eigenvalue weighted by molar-refractivity contribution is 5.01. The molecule has 1 aliphatic heterocycles. The largest absolute Gasteiger partial charge is 0.313 e. The van der Waals surface area contributed by atoms with Crippen molar-refractivity contribution in [3.63, 3.8) is 0 Å². The van der Waals surface area contributed by atoms with Gasteiger partial charge in [-0.1, -0.05) is 53.4 Å². The Morgan fingerprint density at radius 3 is 1.32 bits per heavy atom. The Balaban J connectivity index is 3.00. The Labute approximate surface area is 120 Å². The second-order valence-corrected chi connectivity index (χ2v) is 6.61. The van der Waals surface area contributed by atoms with Gasteiger partial charge in [-0.25, -0.2) is 0 Å². The summed E-state index contributed by atoms with van der Waals surface area (Å²) in [7, 11) is 0. The van der Waals surface area contributed by atoms with Crippen LogP contribution in [0.2, 0.25) is 0 Å². The SMILES string of the molecule is CCCC1(CCC)CCCC(CCC)(CCC)N1O. The molecular weight excluding hydrogens is 234 g/mol. The van der Waals surface area contributed by atoms with Crippen LogP contribution >= 0.6 is 0 Å². The molecule has 0 bridgehead atoms. The van der Waals surface area contributed by atoms with Crippen molar-refractivity contribution < 1.29 is 5.21 Å². The van der Waals surface area contributed by atoms with Crippen LogP contribution in [0.3, 0.4) is 0 Å². The van der Waals surface area contributed by atoms with Crippen LogP contribution in [0.15, 0.2) is 0 Å². The standard InChI is InChI=1S/C17H35NO/c1-5-10-16(11-6-2)14-9-15-17(12-7-3,13-8-4)18(16)19/h19H,5-15H2,1-4H3. The molecule has 0 aromatic heterocycles. The van der Waals surface area contributed by atoms with E-state index >= 15 is 0 Å². The van der Waals surface area contributed by atoms with Gasteiger partial charge in [-0.2, -0.15) is 5.06 Å². The summed E-state index contributed by atoms with van der Waals surface area (Å²) in [5, 5.41) is 13.0. The molecule has 1 aliphatic rings. The van der Waals surface area contributed by atoms with Crippen molar-refractivity contribution in [2.45, 2.75) is 109 Å². The number of hydrogen-bond acceptors (Lipinski definition) is 2. The maximum absolute atomic E-state index is 11.1. The maximum Gasteiger partial charge on any atom is 0.0466 e. The van der Waals surface area contributed by atoms with Gasteiger partial charge in [0, 0.05) is 11.1 Å². The Hall–Kier alpha value is -0.0800. The van der Waals surface area contributed by atoms with Crippen LogP contribution in [-0.4, -0.2) is 21.3 Å². The summed E-state index contributed by atoms with van der Waals surface area (Å²) >= 11 is 0. The Kier molecular flexibility index (Phi) is 6.82. The molecule has 0 unspecified atom stereocenters. The number of hydrogen-bond donors (Lipinski definition) is 1. The molecule has 2 heteroatoms. The van der Waals surface area contributed by atoms with Crippen LogP contribution in [0, 0.1) is 0 Å². The smallest absolute Gasteiger partial charge is 0.0466 e. The van der Waals surface area contributed by atoms with Crippen molar-refractivity contribution in [2.24, 2.45) is 0 Å². The summed E-state index contributed by atoms with van der Waals surface area (Å²) in [5.74, 6) is 0. The molecular formula is C17H35NO. The van der Waals surface area contributed by atoms with Crippen molar-refractivity contribution >= 4 is 0 Å². The van der Waals surface area contributed by atoms with Crippen molar-refractivity contribution in [1.82, 2.24) is 5.06 Å². The van der Waals surface area contributed by atoms with Crippen molar-refractivity contribution in [2.75, 3.05) is 0 Å². The lowest BCUT2D eigenvalue weighted by molar-refractivity contribution is -0.271. The molecule has 0 radical (unpaired) electrons. The summed E-state index contributed by atoms with van der Waals surface area (Å²) in [6.07, 6.45) is 12.9. The van der Waals surface area contributed by atoms with Crippen molar-refractivity contribution in [3.05, 3.63) is 0 Å². The second-order valence-electron chi connectivity index (χ2n) is 6.61. The van der Waals surface area contributed by atoms with Crippen LogP contribution in [0.5, 0.6) is 0 Å². The van der Waals surface area contributed by atoms with Crippen LogP contribution in [0.4, 0.5) is 0 Å². The first-order valence-corrected chi connectivity index (χ1v) is 8.60. The third kappa shape index (κ3) is 3.52. The van der Waals surface area contributed by atoms with Gasteiger partial charge in [-0.3, -0.25) is 0 Å². The average molecular weight is 269 g/mol. The number of nitrogens with zero attached hydrogens (tertiary/aromatic N) is 1. The molecule has 0 saturated carbocycles. The van der Waals surface area contributed by atoms with Gasteiger partial charge in [0.05, 0.1) is 0 Å². The zero-order valence-electron chi connectivity index (χ0n) is 13.7. The molecule has 1 heterocycles. The fourth-order valence-corrected chi connectivity index (χ4v) is 4.50. The van der Waals surface area contributed by atoms with Gasteiger partial charge in [0.15, 0.2) is 0 Å². The number of rotatable bonds is 8. The third-order valence-electron chi connectivity index (χ3n) is 5.04. The molecule has 1 saturated heterocycles. The van der Waals surface area contributed by atoms with E-state index in [0.717, 1.165) is 25.7 Å². The first kappa shape index (κ1) is 17.0. The fraction of sp³-hybridized carbons (Fsp3) is 1.00. The van der Waals surface area contributed by atoms with E-state index in [4.69, 9.17) is 0 Å². The molecule has 0 aliphatic carbocycles. The minimum Gasteiger partial charge on any atom is -0.313 e. The fourth-order valence-electron chi connectivity index (χ4n) is 4.50. The zero-order valence-corrected chi connectivity index (χ0v) is 13.7. The minimum absolute atomic E-state index is 0.0616. The highest BCUT2D eigenvalue weighted by Gasteiger charge is 2.49. The van der Waals surface area contributed by atoms with E-state index in [2.05, 4.69) is 27.7 Å². The Morgan fingerprint density at radius 1 is 0.737 bits per heavy atom. The third-order valence-corrected chi connectivity index (χ3v) is 5.04. The highest BCUT2D eigenvalue weighted by Crippen LogP contribution is 2.46. The summed E-state index contributed by atoms with van der Waals surface area (Å²) in [4.78, 5) is 0. The van der Waals surface area contributed by atoms with E-state index in [9.17, 15) is 5.21 Å². The summed E-state index contributed by atoms with van der Waals surface area (Å²) in [6, 6.07) is 0. The van der Waals surface area contributed by atoms with Gasteiger partial charge in [-0.15, -0.1) is 0 Å². The lowest BCUT2D eigenvalue weighted by Crippen LogP contribution is -2.62. The molecule has 0 aromatic carbocycles. The average Bonchev–Trinajstić information content (AvgIpc) is 2.37. The molecule has 114 valence electrons. The monoisotopic (exact) mass is 269 g/mol. The summed E-state index contributed by atoms with van der Waals surface area (Å²) in [5.41, 5.74) is 0.123. The van der Waals surface area contributed by atoms with Gasteiger partial charge in [-0.05, 0) is 44.9 Å². The second kappa shape index (κ2) is 7.64. The molecule has 19 heavy (non-hydrogen) atoms. The van der Waals surface area contributed by atoms with E-state index in [-0.39, 0.29) is 11.1 Å². The predicted octanol–water partition coefficient (Wildman–Crippen LogP) is 5.54. The quantitative estimate of drug-likeness (QED) is 0.625. The van der Waals surface area contributed by atoms with Gasteiger partial charge in [0.1, 0.15) is 0 Å². The Bertz CT molecular complexity index is 205. The van der Waals surface area contributed by atoms with Gasteiger partial charge in [0.25, 0.3) is 0 Å². The molecule has 1 N–H and O–H groups in total. The van der Waals surface area contributed by atoms with E-state index in [1.807, 2.05) is 5.06 Å². The van der Waals surface area contributed by atoms with Crippen molar-refractivity contribution in [1.29, 1.82) is 0 Å². The van der Waals surface area contributed by atoms with E-state index in [1.165, 1.54) is 44.9 Å². The molecule has 0 atom stereocenters. The van der Waals surface area contributed by atoms with Gasteiger partial charge >= 0.3 is 0 Å². The summed E-state index contributed by atoms with van der Waals surface area (Å²) < 4.78 is 0. The molecule has 0 aromatic rings. The molecule has 0 spiro atoms. The number of piperidine rings is 1. The summed E-state index contributed by atoms with van der Waals surface area (Å²) in [6.45, 7) is 9.00. The lowest BCUT2D eigenvalue weighted by atomic mass is 9.71. The van der Waals surface area contributed by atoms with Crippen molar-refractivity contribution in [3.8, 4) is 0 Å². The lowest BCUT2D eigenvalue weighted by Gasteiger charge is -2.55. The predicted molar refractivity (Wildman–Crippen MR) is 82.6 cm³/mol. The van der Waals surface area contributed by atoms with Crippen LogP contribution < -0.4 is 0 Å². The van der Waals surface area contributed by atoms with E-state index in [1.54, 1.807) is 0 Å². The van der Waals surface area contributed by atoms with E-state index in [0.29, 0.717) is 0 Å². The topological polar surface area (TPSA) is 23.5 Å². The Morgan fingerprint density at radius 2 is 1.05 bits per heavy atom. The molecule has 1 rings (SSSR count). The number of hydroxylamine groups is 2. The van der Waals surface area contributed by atoms with Gasteiger partial charge < -0.3 is 5.21 Å². The zero-order chi connectivity index (χ0) is 14.4. The molecule has 2 nitrogen and oxygen atoms in total. The van der Waals surface area contributed by atoms with Gasteiger partial charge in [0.2, 0.25) is 0 Å². The van der Waals surface area contributed by atoms with Crippen LogP contribution in [0.25, 0.3) is 0 Å². The van der Waals surface area contributed by atoms with E-state index < -0.39 is 0 Å². The normalized spacial score (nSPS) is 22.6. The van der Waals surface area contributed by atoms with Crippen LogP contribution in [0.1, 0.15) is 98.3 Å². The highest BCUT2D eigenvalue weighted by atomic mass is 16.5. The first-order valence-electron chi connectivity index (χ1n) is 8.60. The molecule has 0 amide bonds. The minimum atomic E-state index is 0.0616.